The molecule has 0 saturated heterocycles. The second-order valence-corrected chi connectivity index (χ2v) is 7.73. The Bertz CT molecular complexity index is 1330. The van der Waals surface area contributed by atoms with E-state index in [1.807, 2.05) is 0 Å². The molecular weight excluding hydrogens is 455 g/mol. The fourth-order valence-electron chi connectivity index (χ4n) is 3.19. The number of anilines is 2. The van der Waals surface area contributed by atoms with E-state index < -0.39 is 0 Å². The number of carbonyl (C=O) groups is 2. The molecule has 2 amide bonds. The summed E-state index contributed by atoms with van der Waals surface area (Å²) in [7, 11) is 1.57. The molecule has 4 rings (SSSR count). The predicted octanol–water partition coefficient (Wildman–Crippen LogP) is 3.60. The summed E-state index contributed by atoms with van der Waals surface area (Å²) in [5.74, 6) is 0.310. The number of carbonyl (C=O) groups excluding carboxylic acids is 2. The zero-order valence-electron chi connectivity index (χ0n) is 19.1. The number of aromatic nitrogens is 4. The minimum Gasteiger partial charge on any atom is -0.497 e. The molecule has 0 radical (unpaired) electrons. The van der Waals surface area contributed by atoms with E-state index in [0.29, 0.717) is 28.3 Å². The number of hydrogen-bond donors (Lipinski definition) is 2. The van der Waals surface area contributed by atoms with Crippen LogP contribution in [0.3, 0.4) is 0 Å². The van der Waals surface area contributed by atoms with Crippen LogP contribution in [-0.2, 0) is 22.6 Å². The van der Waals surface area contributed by atoms with Crippen molar-refractivity contribution < 1.29 is 23.2 Å². The van der Waals surface area contributed by atoms with Crippen molar-refractivity contribution in [2.75, 3.05) is 17.7 Å². The van der Waals surface area contributed by atoms with Gasteiger partial charge in [0.2, 0.25) is 23.5 Å². The molecule has 0 spiro atoms. The summed E-state index contributed by atoms with van der Waals surface area (Å²) in [4.78, 5) is 28.7. The summed E-state index contributed by atoms with van der Waals surface area (Å²) >= 11 is 0. The number of methoxy groups -OCH3 is 1. The van der Waals surface area contributed by atoms with Crippen LogP contribution < -0.4 is 15.4 Å². The largest absolute Gasteiger partial charge is 0.497 e. The predicted molar refractivity (Wildman–Crippen MR) is 125 cm³/mol. The maximum Gasteiger partial charge on any atom is 0.246 e. The highest BCUT2D eigenvalue weighted by Crippen LogP contribution is 2.19. The second-order valence-electron chi connectivity index (χ2n) is 7.73. The third-order valence-electron chi connectivity index (χ3n) is 5.06. The summed E-state index contributed by atoms with van der Waals surface area (Å²) in [6.07, 6.45) is 3.32. The SMILES string of the molecule is COc1ccc(NC(=O)Cn2cc(NC(=O)CCc3nc(-c4ccc(C)c(F)c4)no3)cn2)cc1. The molecule has 0 bridgehead atoms. The van der Waals surface area contributed by atoms with E-state index in [1.54, 1.807) is 56.6 Å². The molecule has 0 aliphatic carbocycles. The van der Waals surface area contributed by atoms with Gasteiger partial charge in [-0.25, -0.2) is 4.39 Å². The molecule has 0 aliphatic rings. The monoisotopic (exact) mass is 478 g/mol. The summed E-state index contributed by atoms with van der Waals surface area (Å²) in [6.45, 7) is 1.65. The highest BCUT2D eigenvalue weighted by atomic mass is 19.1. The van der Waals surface area contributed by atoms with Crippen LogP contribution >= 0.6 is 0 Å². The molecule has 35 heavy (non-hydrogen) atoms. The molecule has 11 heteroatoms. The first-order valence-electron chi connectivity index (χ1n) is 10.7. The van der Waals surface area contributed by atoms with Gasteiger partial charge in [0.1, 0.15) is 18.1 Å². The molecule has 2 heterocycles. The van der Waals surface area contributed by atoms with E-state index in [2.05, 4.69) is 25.9 Å². The molecule has 0 unspecified atom stereocenters. The molecule has 0 fully saturated rings. The fraction of sp³-hybridized carbons (Fsp3) is 0.208. The maximum absolute atomic E-state index is 13.8. The second kappa shape index (κ2) is 10.6. The zero-order chi connectivity index (χ0) is 24.8. The molecule has 4 aromatic rings. The molecule has 0 aliphatic heterocycles. The molecule has 180 valence electrons. The van der Waals surface area contributed by atoms with Crippen molar-refractivity contribution in [3.63, 3.8) is 0 Å². The molecule has 2 aromatic heterocycles. The standard InChI is InChI=1S/C24H23FN6O4/c1-15-3-4-16(11-20(15)25)24-29-23(35-30-24)10-9-21(32)28-18-12-26-31(13-18)14-22(33)27-17-5-7-19(34-2)8-6-17/h3-8,11-13H,9-10,14H2,1-2H3,(H,27,33)(H,28,32). The van der Waals surface area contributed by atoms with Gasteiger partial charge in [-0.2, -0.15) is 10.1 Å². The van der Waals surface area contributed by atoms with Gasteiger partial charge in [-0.3, -0.25) is 14.3 Å². The first kappa shape index (κ1) is 23.6. The third-order valence-corrected chi connectivity index (χ3v) is 5.06. The number of ether oxygens (including phenoxy) is 1. The molecule has 2 N–H and O–H groups in total. The van der Waals surface area contributed by atoms with Gasteiger partial charge in [0.15, 0.2) is 0 Å². The molecule has 0 saturated carbocycles. The smallest absolute Gasteiger partial charge is 0.246 e. The number of nitrogens with one attached hydrogen (secondary N) is 2. The van der Waals surface area contributed by atoms with E-state index >= 15 is 0 Å². The van der Waals surface area contributed by atoms with Crippen LogP contribution in [-0.4, -0.2) is 38.8 Å². The maximum atomic E-state index is 13.8. The molecule has 0 atom stereocenters. The van der Waals surface area contributed by atoms with Crippen molar-refractivity contribution in [3.05, 3.63) is 72.1 Å². The normalized spacial score (nSPS) is 10.7. The zero-order valence-corrected chi connectivity index (χ0v) is 19.1. The number of benzene rings is 2. The minimum atomic E-state index is -0.355. The lowest BCUT2D eigenvalue weighted by molar-refractivity contribution is -0.117. The van der Waals surface area contributed by atoms with Crippen LogP contribution in [0.1, 0.15) is 17.9 Å². The van der Waals surface area contributed by atoms with Crippen LogP contribution in [0.2, 0.25) is 0 Å². The van der Waals surface area contributed by atoms with E-state index in [1.165, 1.54) is 16.9 Å². The minimum absolute atomic E-state index is 0.0216. The summed E-state index contributed by atoms with van der Waals surface area (Å²) in [6, 6.07) is 11.6. The van der Waals surface area contributed by atoms with Crippen LogP contribution in [0.5, 0.6) is 5.75 Å². The van der Waals surface area contributed by atoms with Gasteiger partial charge in [0.25, 0.3) is 0 Å². The average molecular weight is 478 g/mol. The number of amides is 2. The lowest BCUT2D eigenvalue weighted by atomic mass is 10.1. The highest BCUT2D eigenvalue weighted by molar-refractivity contribution is 5.91. The summed E-state index contributed by atoms with van der Waals surface area (Å²) in [5.41, 5.74) is 2.10. The Morgan fingerprint density at radius 2 is 1.86 bits per heavy atom. The van der Waals surface area contributed by atoms with Gasteiger partial charge in [0.05, 0.1) is 19.0 Å². The van der Waals surface area contributed by atoms with Crippen molar-refractivity contribution >= 4 is 23.2 Å². The topological polar surface area (TPSA) is 124 Å². The van der Waals surface area contributed by atoms with Gasteiger partial charge < -0.3 is 19.9 Å². The number of halogens is 1. The van der Waals surface area contributed by atoms with Crippen LogP contribution in [0.25, 0.3) is 11.4 Å². The van der Waals surface area contributed by atoms with Crippen LogP contribution in [0.15, 0.2) is 59.4 Å². The van der Waals surface area contributed by atoms with Gasteiger partial charge >= 0.3 is 0 Å². The van der Waals surface area contributed by atoms with Crippen molar-refractivity contribution in [3.8, 4) is 17.1 Å². The van der Waals surface area contributed by atoms with Crippen molar-refractivity contribution in [1.29, 1.82) is 0 Å². The van der Waals surface area contributed by atoms with Gasteiger partial charge in [-0.15, -0.1) is 0 Å². The van der Waals surface area contributed by atoms with E-state index in [4.69, 9.17) is 9.26 Å². The Morgan fingerprint density at radius 3 is 2.60 bits per heavy atom. The average Bonchev–Trinajstić information content (AvgIpc) is 3.49. The van der Waals surface area contributed by atoms with E-state index in [-0.39, 0.29) is 48.7 Å². The summed E-state index contributed by atoms with van der Waals surface area (Å²) in [5, 5.41) is 13.4. The third kappa shape index (κ3) is 6.28. The first-order chi connectivity index (χ1) is 16.9. The lowest BCUT2D eigenvalue weighted by Crippen LogP contribution is -2.19. The molecule has 10 nitrogen and oxygen atoms in total. The highest BCUT2D eigenvalue weighted by Gasteiger charge is 2.13. The Balaban J connectivity index is 1.25. The number of rotatable bonds is 9. The van der Waals surface area contributed by atoms with Gasteiger partial charge in [-0.05, 0) is 42.8 Å². The van der Waals surface area contributed by atoms with Crippen LogP contribution in [0, 0.1) is 12.7 Å². The quantitative estimate of drug-likeness (QED) is 0.377. The first-order valence-corrected chi connectivity index (χ1v) is 10.7. The van der Waals surface area contributed by atoms with Crippen molar-refractivity contribution in [2.45, 2.75) is 26.3 Å². The van der Waals surface area contributed by atoms with Crippen LogP contribution in [0.4, 0.5) is 15.8 Å². The van der Waals surface area contributed by atoms with Crippen molar-refractivity contribution in [2.24, 2.45) is 0 Å². The van der Waals surface area contributed by atoms with E-state index in [0.717, 1.165) is 0 Å². The molecule has 2 aromatic carbocycles. The Labute approximate surface area is 200 Å². The van der Waals surface area contributed by atoms with Gasteiger partial charge in [0, 0.05) is 30.3 Å². The molecular formula is C24H23FN6O4. The lowest BCUT2D eigenvalue weighted by Gasteiger charge is -2.06. The number of aryl methyl sites for hydroxylation is 2. The van der Waals surface area contributed by atoms with Crippen molar-refractivity contribution in [1.82, 2.24) is 19.9 Å². The fourth-order valence-corrected chi connectivity index (χ4v) is 3.19. The summed E-state index contributed by atoms with van der Waals surface area (Å²) < 4.78 is 25.4. The Morgan fingerprint density at radius 1 is 1.09 bits per heavy atom. The Hall–Kier alpha value is -4.54. The van der Waals surface area contributed by atoms with E-state index in [9.17, 15) is 14.0 Å². The number of hydrogen-bond acceptors (Lipinski definition) is 7. The number of nitrogens with zero attached hydrogens (tertiary/aromatic N) is 4. The Kier molecular flexibility index (Phi) is 7.15. The van der Waals surface area contributed by atoms with Gasteiger partial charge in [-0.1, -0.05) is 17.3 Å².